The summed E-state index contributed by atoms with van der Waals surface area (Å²) in [7, 11) is 0. The van der Waals surface area contributed by atoms with Gasteiger partial charge in [-0.2, -0.15) is 0 Å². The highest BCUT2D eigenvalue weighted by Gasteiger charge is 2.67. The second kappa shape index (κ2) is 2.32. The van der Waals surface area contributed by atoms with E-state index in [-0.39, 0.29) is 5.60 Å². The lowest BCUT2D eigenvalue weighted by atomic mass is 9.89. The summed E-state index contributed by atoms with van der Waals surface area (Å²) in [5.74, 6) is 1.64. The van der Waals surface area contributed by atoms with Crippen LogP contribution in [0.4, 0.5) is 0 Å². The van der Waals surface area contributed by atoms with Gasteiger partial charge in [-0.05, 0) is 38.8 Å². The average molecular weight is 194 g/mol. The Morgan fingerprint density at radius 3 is 2.43 bits per heavy atom. The van der Waals surface area contributed by atoms with Crippen molar-refractivity contribution in [2.75, 3.05) is 13.1 Å². The molecule has 3 atom stereocenters. The number of nitrogens with zero attached hydrogens (tertiary/aromatic N) is 1. The lowest BCUT2D eigenvalue weighted by Crippen LogP contribution is -2.28. The first-order chi connectivity index (χ1) is 6.54. The molecule has 3 nitrogen and oxygen atoms in total. The fourth-order valence-electron chi connectivity index (χ4n) is 3.16. The van der Waals surface area contributed by atoms with Crippen LogP contribution in [0.15, 0.2) is 5.16 Å². The van der Waals surface area contributed by atoms with E-state index in [2.05, 4.69) is 31.2 Å². The van der Waals surface area contributed by atoms with Crippen LogP contribution in [0.3, 0.4) is 0 Å². The van der Waals surface area contributed by atoms with Gasteiger partial charge in [0.2, 0.25) is 0 Å². The maximum atomic E-state index is 5.45. The summed E-state index contributed by atoms with van der Waals surface area (Å²) >= 11 is 0. The van der Waals surface area contributed by atoms with Crippen LogP contribution >= 0.6 is 0 Å². The largest absolute Gasteiger partial charge is 0.389 e. The molecule has 2 heterocycles. The number of rotatable bonds is 1. The number of hydrogen-bond donors (Lipinski definition) is 1. The van der Waals surface area contributed by atoms with Gasteiger partial charge in [-0.3, -0.25) is 0 Å². The Balaban J connectivity index is 1.80. The normalized spacial score (nSPS) is 48.4. The molecular weight excluding hydrogens is 176 g/mol. The van der Waals surface area contributed by atoms with Crippen molar-refractivity contribution >= 4 is 5.71 Å². The second-order valence-corrected chi connectivity index (χ2v) is 5.72. The van der Waals surface area contributed by atoms with Gasteiger partial charge in [-0.1, -0.05) is 12.1 Å². The number of piperidine rings is 1. The van der Waals surface area contributed by atoms with Gasteiger partial charge in [-0.15, -0.1) is 0 Å². The smallest absolute Gasteiger partial charge is 0.137 e. The third kappa shape index (κ3) is 0.937. The Morgan fingerprint density at radius 1 is 1.29 bits per heavy atom. The second-order valence-electron chi connectivity index (χ2n) is 5.72. The zero-order valence-electron chi connectivity index (χ0n) is 9.13. The third-order valence-electron chi connectivity index (χ3n) is 4.26. The van der Waals surface area contributed by atoms with E-state index in [0.29, 0.717) is 5.41 Å². The molecule has 3 rings (SSSR count). The van der Waals surface area contributed by atoms with Crippen molar-refractivity contribution in [1.82, 2.24) is 5.32 Å². The van der Waals surface area contributed by atoms with Gasteiger partial charge in [0.25, 0.3) is 0 Å². The van der Waals surface area contributed by atoms with Crippen molar-refractivity contribution in [1.29, 1.82) is 0 Å². The van der Waals surface area contributed by atoms with E-state index in [1.807, 2.05) is 0 Å². The molecule has 1 saturated heterocycles. The molecule has 3 aliphatic rings. The average Bonchev–Trinajstić information content (AvgIpc) is 2.60. The number of nitrogens with one attached hydrogen (secondary N) is 1. The molecule has 0 aromatic heterocycles. The quantitative estimate of drug-likeness (QED) is 0.684. The Kier molecular flexibility index (Phi) is 1.45. The van der Waals surface area contributed by atoms with E-state index in [4.69, 9.17) is 4.84 Å². The molecule has 1 aliphatic carbocycles. The van der Waals surface area contributed by atoms with E-state index in [0.717, 1.165) is 18.3 Å². The molecule has 1 N–H and O–H groups in total. The monoisotopic (exact) mass is 194 g/mol. The van der Waals surface area contributed by atoms with Gasteiger partial charge >= 0.3 is 0 Å². The van der Waals surface area contributed by atoms with E-state index in [1.54, 1.807) is 0 Å². The van der Waals surface area contributed by atoms with E-state index in [9.17, 15) is 0 Å². The minimum absolute atomic E-state index is 0.0668. The first-order valence-electron chi connectivity index (χ1n) is 5.50. The molecule has 0 bridgehead atoms. The summed E-state index contributed by atoms with van der Waals surface area (Å²) in [5.41, 5.74) is 1.60. The SMILES string of the molecule is CC1(C)CC([C@]2(C)[C@@H]3CNC[C@@H]32)=NO1. The van der Waals surface area contributed by atoms with Crippen molar-refractivity contribution in [2.24, 2.45) is 22.4 Å². The molecule has 3 heteroatoms. The van der Waals surface area contributed by atoms with Crippen molar-refractivity contribution in [3.05, 3.63) is 0 Å². The molecule has 0 aromatic rings. The highest BCUT2D eigenvalue weighted by molar-refractivity contribution is 5.94. The highest BCUT2D eigenvalue weighted by atomic mass is 16.7. The fraction of sp³-hybridized carbons (Fsp3) is 0.909. The standard InChI is InChI=1S/C11H18N2O/c1-10(2)4-9(13-14-10)11(3)7-5-12-6-8(7)11/h7-8,12H,4-6H2,1-3H3/t7-,8+,11-. The fourth-order valence-corrected chi connectivity index (χ4v) is 3.16. The lowest BCUT2D eigenvalue weighted by Gasteiger charge is -2.17. The Bertz CT molecular complexity index is 298. The van der Waals surface area contributed by atoms with Crippen molar-refractivity contribution < 1.29 is 4.84 Å². The van der Waals surface area contributed by atoms with Gasteiger partial charge in [0.1, 0.15) is 5.60 Å². The number of hydrogen-bond acceptors (Lipinski definition) is 3. The number of oxime groups is 1. The van der Waals surface area contributed by atoms with Gasteiger partial charge in [-0.25, -0.2) is 0 Å². The third-order valence-corrected chi connectivity index (χ3v) is 4.26. The predicted molar refractivity (Wildman–Crippen MR) is 55.2 cm³/mol. The Hall–Kier alpha value is -0.570. The minimum atomic E-state index is -0.0668. The number of fused-ring (bicyclic) bond motifs is 1. The van der Waals surface area contributed by atoms with Gasteiger partial charge in [0.05, 0.1) is 5.71 Å². The molecule has 1 saturated carbocycles. The van der Waals surface area contributed by atoms with Crippen LogP contribution in [0.5, 0.6) is 0 Å². The van der Waals surface area contributed by atoms with Crippen LogP contribution < -0.4 is 5.32 Å². The van der Waals surface area contributed by atoms with Crippen LogP contribution in [-0.2, 0) is 4.84 Å². The maximum absolute atomic E-state index is 5.45. The summed E-state index contributed by atoms with van der Waals surface area (Å²) in [6.45, 7) is 8.92. The van der Waals surface area contributed by atoms with Crippen LogP contribution in [0.25, 0.3) is 0 Å². The van der Waals surface area contributed by atoms with Gasteiger partial charge < -0.3 is 10.2 Å². The predicted octanol–water partition coefficient (Wildman–Crippen LogP) is 1.40. The van der Waals surface area contributed by atoms with Crippen molar-refractivity contribution in [2.45, 2.75) is 32.8 Å². The summed E-state index contributed by atoms with van der Waals surface area (Å²) in [6.07, 6.45) is 1.01. The van der Waals surface area contributed by atoms with Crippen molar-refractivity contribution in [3.63, 3.8) is 0 Å². The molecule has 2 fully saturated rings. The molecular formula is C11H18N2O. The van der Waals surface area contributed by atoms with Crippen molar-refractivity contribution in [3.8, 4) is 0 Å². The molecule has 0 amide bonds. The topological polar surface area (TPSA) is 33.6 Å². The molecule has 0 radical (unpaired) electrons. The molecule has 0 unspecified atom stereocenters. The zero-order valence-corrected chi connectivity index (χ0v) is 9.13. The van der Waals surface area contributed by atoms with Gasteiger partial charge in [0, 0.05) is 11.8 Å². The molecule has 2 aliphatic heterocycles. The van der Waals surface area contributed by atoms with Crippen LogP contribution in [-0.4, -0.2) is 24.4 Å². The Labute approximate surface area is 84.9 Å². The summed E-state index contributed by atoms with van der Waals surface area (Å²) in [6, 6.07) is 0. The van der Waals surface area contributed by atoms with Gasteiger partial charge in [0.15, 0.2) is 0 Å². The first-order valence-corrected chi connectivity index (χ1v) is 5.50. The molecule has 14 heavy (non-hydrogen) atoms. The molecule has 78 valence electrons. The van der Waals surface area contributed by atoms with E-state index < -0.39 is 0 Å². The summed E-state index contributed by atoms with van der Waals surface area (Å²) in [4.78, 5) is 5.45. The first kappa shape index (κ1) is 8.72. The van der Waals surface area contributed by atoms with E-state index in [1.165, 1.54) is 18.8 Å². The van der Waals surface area contributed by atoms with Crippen LogP contribution in [0, 0.1) is 17.3 Å². The van der Waals surface area contributed by atoms with Crippen LogP contribution in [0.2, 0.25) is 0 Å². The lowest BCUT2D eigenvalue weighted by molar-refractivity contribution is 0.0123. The maximum Gasteiger partial charge on any atom is 0.137 e. The molecule has 0 spiro atoms. The molecule has 0 aromatic carbocycles. The van der Waals surface area contributed by atoms with Crippen LogP contribution in [0.1, 0.15) is 27.2 Å². The minimum Gasteiger partial charge on any atom is -0.389 e. The zero-order chi connectivity index (χ0) is 9.97. The summed E-state index contributed by atoms with van der Waals surface area (Å²) in [5, 5.41) is 7.72. The summed E-state index contributed by atoms with van der Waals surface area (Å²) < 4.78 is 0. The Morgan fingerprint density at radius 2 is 1.93 bits per heavy atom. The highest BCUT2D eigenvalue weighted by Crippen LogP contribution is 2.62. The van der Waals surface area contributed by atoms with E-state index >= 15 is 0 Å².